The predicted molar refractivity (Wildman–Crippen MR) is 575 cm³/mol. The normalized spacial score (nSPS) is 14.9. The quantitative estimate of drug-likeness (QED) is 0.00962. The number of allylic oxidation sites excluding steroid dienone is 1. The van der Waals surface area contributed by atoms with E-state index in [0.717, 1.165) is 157 Å². The van der Waals surface area contributed by atoms with Crippen molar-refractivity contribution < 1.29 is 92.7 Å². The first-order valence-electron chi connectivity index (χ1n) is 47.9. The van der Waals surface area contributed by atoms with E-state index in [1.165, 1.54) is 75.2 Å². The number of benzene rings is 8. The van der Waals surface area contributed by atoms with Crippen molar-refractivity contribution in [3.8, 4) is 0 Å². The Morgan fingerprint density at radius 1 is 0.452 bits per heavy atom. The zero-order chi connectivity index (χ0) is 98.4. The van der Waals surface area contributed by atoms with Gasteiger partial charge in [-0.2, -0.15) is 0 Å². The molecule has 0 unspecified atom stereocenters. The fraction of sp³-hybridized carbons (Fsp3) is 0.495. The summed E-state index contributed by atoms with van der Waals surface area (Å²) in [5, 5.41) is 13.2. The molecule has 0 saturated carbocycles. The summed E-state index contributed by atoms with van der Waals surface area (Å²) in [5.41, 5.74) is 9.26. The zero-order valence-electron chi connectivity index (χ0n) is 85.2. The number of ketones is 4. The van der Waals surface area contributed by atoms with Gasteiger partial charge in [-0.1, -0.05) is 292 Å². The molecule has 4 saturated heterocycles. The average Bonchev–Trinajstić information content (AvgIpc) is 0.818. The standard InChI is InChI=1S/C33H39NO4.C20H29NO4.C16H22BrNO.C13H11Br.C11H25NOSi.C10H10BrIO.C8H18O2Si.Na.H/c1-33(2,32(36)37-3)28-18-16-25(17-19-28)30(35)15-10-22-34-23-20-29(21-24-34)38-31(26-11-6-4-7-12-26)27-13-8-5-9-14-27;1-20(2,19(24)25-3)16-8-6-15(7-9-16)18(23)5-4-12-21-13-10-17(22)11-14-21;1-13-8-11-18(12-9-13)10-2-3-16(19)14-4-6-15(17)7-5-14;14-13(11-7-3-1-4-8-11)12-9-5-2-6-10-12;1-11(2,3)14(4,5)13-10-6-8-12-9-7-10;11-9-5-3-8(4-6-9)10(13)2-1-7-12;1-7(2)8(9-3)10-11(4,5)6;;/h4-9,11-14,16-19,29,31H,10,15,20-24H2,1-3H3;6-9,17,22H,4-5,10-14H2,1-3H3;4-7,13H,2-3,8-12H2,1H3;1-10,13H;10,12H,6-9H2,1-5H3;3-6H,1-2,7H2;1-6H3;;/q;;;;;;;+1;-1. The van der Waals surface area contributed by atoms with Gasteiger partial charge in [0, 0.05) is 94.7 Å². The van der Waals surface area contributed by atoms with Gasteiger partial charge < -0.3 is 54.3 Å². The molecule has 0 bridgehead atoms. The smallest absolute Gasteiger partial charge is 1.00 e. The number of piperidine rings is 4. The summed E-state index contributed by atoms with van der Waals surface area (Å²) in [6.45, 7) is 42.9. The second-order valence-corrected chi connectivity index (χ2v) is 51.9. The van der Waals surface area contributed by atoms with Gasteiger partial charge in [-0.25, -0.2) is 0 Å². The Hall–Kier alpha value is -5.96. The number of hydrogen-bond acceptors (Lipinski definition) is 17. The maximum atomic E-state index is 12.8. The van der Waals surface area contributed by atoms with Crippen LogP contribution in [0.5, 0.6) is 0 Å². The summed E-state index contributed by atoms with van der Waals surface area (Å²) in [7, 11) is 1.41. The zero-order valence-corrected chi connectivity index (χ0v) is 95.2. The topological polar surface area (TPSA) is 200 Å². The van der Waals surface area contributed by atoms with Gasteiger partial charge >= 0.3 is 41.5 Å². The Labute approximate surface area is 874 Å². The maximum absolute atomic E-state index is 12.8. The van der Waals surface area contributed by atoms with E-state index in [4.69, 9.17) is 27.8 Å². The van der Waals surface area contributed by atoms with Crippen molar-refractivity contribution >= 4 is 122 Å². The molecule has 0 aromatic heterocycles. The molecule has 4 fully saturated rings. The molecular formula is C111H155Br3IN4NaO13Si2. The van der Waals surface area contributed by atoms with Crippen LogP contribution in [0.2, 0.25) is 37.8 Å². The third kappa shape index (κ3) is 44.0. The molecule has 135 heavy (non-hydrogen) atoms. The molecule has 0 radical (unpaired) electrons. The number of halogens is 4. The number of ether oxygens (including phenoxy) is 4. The summed E-state index contributed by atoms with van der Waals surface area (Å²) in [6, 6.07) is 71.5. The minimum Gasteiger partial charge on any atom is -1.00 e. The number of carbonyl (C=O) groups excluding carboxylic acids is 6. The van der Waals surface area contributed by atoms with Crippen molar-refractivity contribution in [3.05, 3.63) is 294 Å². The molecule has 2 N–H and O–H groups in total. The van der Waals surface area contributed by atoms with Gasteiger partial charge in [-0.15, -0.1) is 0 Å². The number of aliphatic hydroxyl groups is 1. The Morgan fingerprint density at radius 3 is 1.07 bits per heavy atom. The van der Waals surface area contributed by atoms with Crippen LogP contribution in [0.15, 0.2) is 239 Å². The Kier molecular flexibility index (Phi) is 55.2. The summed E-state index contributed by atoms with van der Waals surface area (Å²) >= 11 is 12.7. The first kappa shape index (κ1) is 120. The average molecular weight is 2200 g/mol. The Morgan fingerprint density at radius 2 is 0.770 bits per heavy atom. The molecule has 0 amide bonds. The van der Waals surface area contributed by atoms with Crippen LogP contribution in [0.3, 0.4) is 0 Å². The number of Topliss-reactive ketones (excluding diaryl/α,β-unsaturated/α-hetero) is 4. The number of hydrogen-bond donors (Lipinski definition) is 2. The third-order valence-electron chi connectivity index (χ3n) is 25.0. The largest absolute Gasteiger partial charge is 1.00 e. The number of nitrogens with one attached hydrogen (secondary N) is 1. The van der Waals surface area contributed by atoms with Crippen LogP contribution in [0.1, 0.15) is 259 Å². The number of carbonyl (C=O) groups is 6. The summed E-state index contributed by atoms with van der Waals surface area (Å²) in [6.07, 6.45) is 15.1. The minimum absolute atomic E-state index is 0. The monoisotopic (exact) mass is 2190 g/mol. The summed E-state index contributed by atoms with van der Waals surface area (Å²) < 4.78 is 36.5. The van der Waals surface area contributed by atoms with Gasteiger partial charge in [-0.3, -0.25) is 28.8 Å². The Balaban J connectivity index is 0.000000347. The maximum Gasteiger partial charge on any atom is 1.00 e. The molecule has 12 rings (SSSR count). The van der Waals surface area contributed by atoms with Gasteiger partial charge in [0.15, 0.2) is 31.5 Å². The van der Waals surface area contributed by atoms with Crippen LogP contribution in [-0.2, 0) is 48.2 Å². The van der Waals surface area contributed by atoms with E-state index in [-0.39, 0.29) is 84.4 Å². The molecule has 4 aliphatic rings. The van der Waals surface area contributed by atoms with Gasteiger partial charge in [0.2, 0.25) is 8.32 Å². The van der Waals surface area contributed by atoms with Crippen LogP contribution < -0.4 is 34.9 Å². The number of likely N-dealkylation sites (tertiary alicyclic amines) is 3. The molecule has 24 heteroatoms. The van der Waals surface area contributed by atoms with E-state index in [1.54, 1.807) is 19.2 Å². The minimum atomic E-state index is -1.52. The van der Waals surface area contributed by atoms with Crippen LogP contribution in [0, 0.1) is 5.92 Å². The molecule has 734 valence electrons. The van der Waals surface area contributed by atoms with Crippen molar-refractivity contribution in [1.29, 1.82) is 0 Å². The first-order chi connectivity index (χ1) is 63.7. The second kappa shape index (κ2) is 62.4. The van der Waals surface area contributed by atoms with Crippen molar-refractivity contribution in [3.63, 3.8) is 0 Å². The van der Waals surface area contributed by atoms with E-state index in [9.17, 15) is 33.9 Å². The SMILES string of the molecule is BrC(c1ccccc1)c1ccccc1.CC(C)(C)[Si](C)(C)OC1CCNCC1.CC1CCN(CCCC(=O)c2ccc(Br)cc2)CC1.COC(=O)C(C)(C)c1ccc(C(=O)CCCN2CCC(O)CC2)cc1.COC(=O)C(C)(C)c1ccc(C(=O)CCCN2CCC(OC(c3ccccc3)c3ccccc3)CC2)cc1.COC(O[Si](C)(C)C)=C(C)C.O=C(CCCI)c1ccc(Br)cc1.[H-].[Na+]. The molecular weight excluding hydrogens is 2040 g/mol. The van der Waals surface area contributed by atoms with E-state index in [1.807, 2.05) is 151 Å². The number of aliphatic hydroxyl groups excluding tert-OH is 1. The van der Waals surface area contributed by atoms with E-state index < -0.39 is 27.5 Å². The molecule has 8 aromatic carbocycles. The van der Waals surface area contributed by atoms with Gasteiger partial charge in [0.05, 0.1) is 49.2 Å². The molecule has 0 atom stereocenters. The van der Waals surface area contributed by atoms with Crippen LogP contribution >= 0.6 is 70.4 Å². The first-order valence-corrected chi connectivity index (χ1v) is 58.2. The van der Waals surface area contributed by atoms with E-state index in [2.05, 4.69) is 248 Å². The van der Waals surface area contributed by atoms with E-state index in [0.29, 0.717) is 58.7 Å². The number of methoxy groups -OCH3 is 3. The van der Waals surface area contributed by atoms with Gasteiger partial charge in [-0.05, 0) is 270 Å². The van der Waals surface area contributed by atoms with Crippen molar-refractivity contribution in [2.75, 3.05) is 97.7 Å². The van der Waals surface area contributed by atoms with Crippen LogP contribution in [-0.4, -0.2) is 188 Å². The fourth-order valence-electron chi connectivity index (χ4n) is 15.4. The van der Waals surface area contributed by atoms with Gasteiger partial charge in [0.25, 0.3) is 5.95 Å². The third-order valence-corrected chi connectivity index (χ3v) is 33.2. The predicted octanol–water partition coefficient (Wildman–Crippen LogP) is 23.7. The molecule has 0 aliphatic carbocycles. The van der Waals surface area contributed by atoms with Crippen molar-refractivity contribution in [2.24, 2.45) is 5.92 Å². The number of esters is 2. The summed E-state index contributed by atoms with van der Waals surface area (Å²) in [5.74, 6) is 1.74. The summed E-state index contributed by atoms with van der Waals surface area (Å²) in [4.78, 5) is 80.0. The number of rotatable bonds is 34. The van der Waals surface area contributed by atoms with Crippen molar-refractivity contribution in [1.82, 2.24) is 20.0 Å². The van der Waals surface area contributed by atoms with E-state index >= 15 is 0 Å². The fourth-order valence-corrected chi connectivity index (χ4v) is 19.2. The van der Waals surface area contributed by atoms with Crippen LogP contribution in [0.4, 0.5) is 0 Å². The molecule has 17 nitrogen and oxygen atoms in total. The molecule has 4 heterocycles. The number of nitrogens with zero attached hydrogens (tertiary/aromatic N) is 3. The van der Waals surface area contributed by atoms with Crippen LogP contribution in [0.25, 0.3) is 0 Å². The molecule has 4 aliphatic heterocycles. The second-order valence-electron chi connectivity index (χ2n) is 38.9. The van der Waals surface area contributed by atoms with Gasteiger partial charge in [0.1, 0.15) is 6.10 Å². The van der Waals surface area contributed by atoms with Crippen molar-refractivity contribution in [2.45, 2.75) is 250 Å². The molecule has 8 aromatic rings. The number of alkyl halides is 2. The Bertz CT molecular complexity index is 4680. The molecule has 0 spiro atoms.